The van der Waals surface area contributed by atoms with Crippen LogP contribution < -0.4 is 5.73 Å². The smallest absolute Gasteiger partial charge is 0.0960 e. The second-order valence-corrected chi connectivity index (χ2v) is 5.63. The molecule has 1 aromatic heterocycles. The van der Waals surface area contributed by atoms with Crippen LogP contribution in [0.4, 0.5) is 0 Å². The van der Waals surface area contributed by atoms with E-state index in [0.717, 1.165) is 29.6 Å². The Hall–Kier alpha value is -0.0500. The number of aryl methyl sites for hydroxylation is 2. The highest BCUT2D eigenvalue weighted by molar-refractivity contribution is 7.16. The Labute approximate surface area is 95.3 Å². The topological polar surface area (TPSA) is 26.0 Å². The first kappa shape index (κ1) is 12.0. The molecule has 0 amide bonds. The fourth-order valence-electron chi connectivity index (χ4n) is 1.46. The molecule has 0 aliphatic heterocycles. The van der Waals surface area contributed by atoms with E-state index >= 15 is 0 Å². The maximum absolute atomic E-state index is 6.00. The molecule has 1 nitrogen and oxygen atoms in total. The lowest BCUT2D eigenvalue weighted by molar-refractivity contribution is 0.501. The monoisotopic (exact) mass is 231 g/mol. The fraction of sp³-hybridized carbons (Fsp3) is 0.636. The molecule has 1 aromatic rings. The first-order chi connectivity index (χ1) is 6.63. The Bertz CT molecular complexity index is 263. The molecule has 80 valence electrons. The molecular weight excluding hydrogens is 214 g/mol. The van der Waals surface area contributed by atoms with Crippen molar-refractivity contribution in [2.45, 2.75) is 33.1 Å². The minimum Gasteiger partial charge on any atom is -0.330 e. The number of hydrogen-bond donors (Lipinski definition) is 1. The summed E-state index contributed by atoms with van der Waals surface area (Å²) < 4.78 is 0.937. The summed E-state index contributed by atoms with van der Waals surface area (Å²) >= 11 is 7.71. The largest absolute Gasteiger partial charge is 0.330 e. The normalized spacial score (nSPS) is 13.1. The van der Waals surface area contributed by atoms with Gasteiger partial charge in [0.05, 0.1) is 4.34 Å². The van der Waals surface area contributed by atoms with Crippen molar-refractivity contribution in [3.05, 3.63) is 20.8 Å². The van der Waals surface area contributed by atoms with E-state index in [2.05, 4.69) is 19.9 Å². The first-order valence-electron chi connectivity index (χ1n) is 5.08. The van der Waals surface area contributed by atoms with Gasteiger partial charge in [0, 0.05) is 4.88 Å². The maximum atomic E-state index is 6.00. The predicted molar refractivity (Wildman–Crippen MR) is 65.2 cm³/mol. The zero-order valence-corrected chi connectivity index (χ0v) is 10.4. The van der Waals surface area contributed by atoms with Crippen LogP contribution in [-0.4, -0.2) is 6.54 Å². The third-order valence-corrected chi connectivity index (χ3v) is 4.07. The lowest BCUT2D eigenvalue weighted by atomic mass is 10.0. The lowest BCUT2D eigenvalue weighted by Crippen LogP contribution is -2.06. The van der Waals surface area contributed by atoms with Gasteiger partial charge in [-0.2, -0.15) is 0 Å². The summed E-state index contributed by atoms with van der Waals surface area (Å²) in [5.74, 6) is 0.723. The van der Waals surface area contributed by atoms with Crippen LogP contribution in [0.1, 0.15) is 30.2 Å². The minimum absolute atomic E-state index is 0.723. The van der Waals surface area contributed by atoms with Gasteiger partial charge in [-0.1, -0.05) is 18.5 Å². The van der Waals surface area contributed by atoms with Gasteiger partial charge in [-0.3, -0.25) is 0 Å². The Balaban J connectivity index is 2.38. The van der Waals surface area contributed by atoms with Crippen LogP contribution in [0.3, 0.4) is 0 Å². The molecule has 0 aliphatic carbocycles. The molecule has 2 N–H and O–H groups in total. The van der Waals surface area contributed by atoms with Crippen LogP contribution in [0.15, 0.2) is 6.07 Å². The molecule has 0 aliphatic rings. The highest BCUT2D eigenvalue weighted by Gasteiger charge is 2.05. The Kier molecular flexibility index (Phi) is 4.93. The molecule has 1 heterocycles. The second-order valence-electron chi connectivity index (χ2n) is 3.89. The number of halogens is 1. The zero-order chi connectivity index (χ0) is 10.6. The molecule has 3 heteroatoms. The summed E-state index contributed by atoms with van der Waals surface area (Å²) in [7, 11) is 0. The highest BCUT2D eigenvalue weighted by atomic mass is 35.5. The standard InChI is InChI=1S/C11H18ClNS/c1-8(5-6-13)3-4-10-7-9(2)11(12)14-10/h7-8H,3-6,13H2,1-2H3. The van der Waals surface area contributed by atoms with E-state index in [9.17, 15) is 0 Å². The van der Waals surface area contributed by atoms with Gasteiger partial charge < -0.3 is 5.73 Å². The van der Waals surface area contributed by atoms with Crippen molar-refractivity contribution in [3.63, 3.8) is 0 Å². The molecule has 0 saturated carbocycles. The Morgan fingerprint density at radius 1 is 1.50 bits per heavy atom. The first-order valence-corrected chi connectivity index (χ1v) is 6.27. The average molecular weight is 232 g/mol. The van der Waals surface area contributed by atoms with Crippen LogP contribution in [-0.2, 0) is 6.42 Å². The maximum Gasteiger partial charge on any atom is 0.0960 e. The number of thiophene rings is 1. The van der Waals surface area contributed by atoms with Crippen molar-refractivity contribution >= 4 is 22.9 Å². The van der Waals surface area contributed by atoms with Crippen LogP contribution in [0.2, 0.25) is 4.34 Å². The van der Waals surface area contributed by atoms with Gasteiger partial charge in [0.15, 0.2) is 0 Å². The van der Waals surface area contributed by atoms with Gasteiger partial charge in [-0.25, -0.2) is 0 Å². The quantitative estimate of drug-likeness (QED) is 0.823. The molecule has 0 aromatic carbocycles. The summed E-state index contributed by atoms with van der Waals surface area (Å²) in [6.45, 7) is 5.12. The zero-order valence-electron chi connectivity index (χ0n) is 8.85. The van der Waals surface area contributed by atoms with Crippen molar-refractivity contribution in [1.82, 2.24) is 0 Å². The fourth-order valence-corrected chi connectivity index (χ4v) is 2.72. The summed E-state index contributed by atoms with van der Waals surface area (Å²) in [6.07, 6.45) is 3.48. The molecule has 1 unspecified atom stereocenters. The summed E-state index contributed by atoms with van der Waals surface area (Å²) in [6, 6.07) is 2.20. The third kappa shape index (κ3) is 3.60. The van der Waals surface area contributed by atoms with E-state index in [1.807, 2.05) is 0 Å². The summed E-state index contributed by atoms with van der Waals surface area (Å²) in [4.78, 5) is 1.40. The van der Waals surface area contributed by atoms with Crippen LogP contribution in [0.25, 0.3) is 0 Å². The lowest BCUT2D eigenvalue weighted by Gasteiger charge is -2.07. The number of nitrogens with two attached hydrogens (primary N) is 1. The Morgan fingerprint density at radius 3 is 2.71 bits per heavy atom. The van der Waals surface area contributed by atoms with Crippen molar-refractivity contribution in [1.29, 1.82) is 0 Å². The summed E-state index contributed by atoms with van der Waals surface area (Å²) in [5.41, 5.74) is 6.71. The third-order valence-electron chi connectivity index (χ3n) is 2.45. The molecule has 1 atom stereocenters. The van der Waals surface area contributed by atoms with E-state index < -0.39 is 0 Å². The van der Waals surface area contributed by atoms with Gasteiger partial charge in [-0.15, -0.1) is 11.3 Å². The molecule has 0 spiro atoms. The van der Waals surface area contributed by atoms with Crippen LogP contribution >= 0.6 is 22.9 Å². The van der Waals surface area contributed by atoms with Gasteiger partial charge >= 0.3 is 0 Å². The van der Waals surface area contributed by atoms with Gasteiger partial charge in [0.2, 0.25) is 0 Å². The molecule has 14 heavy (non-hydrogen) atoms. The van der Waals surface area contributed by atoms with E-state index in [1.165, 1.54) is 16.9 Å². The van der Waals surface area contributed by atoms with Gasteiger partial charge in [-0.05, 0) is 50.3 Å². The van der Waals surface area contributed by atoms with Crippen molar-refractivity contribution < 1.29 is 0 Å². The predicted octanol–water partition coefficient (Wildman–Crippen LogP) is 3.63. The van der Waals surface area contributed by atoms with E-state index in [4.69, 9.17) is 17.3 Å². The minimum atomic E-state index is 0.723. The van der Waals surface area contributed by atoms with Crippen LogP contribution in [0.5, 0.6) is 0 Å². The van der Waals surface area contributed by atoms with Crippen molar-refractivity contribution in [3.8, 4) is 0 Å². The SMILES string of the molecule is Cc1cc(CCC(C)CCN)sc1Cl. The highest BCUT2D eigenvalue weighted by Crippen LogP contribution is 2.28. The molecule has 0 bridgehead atoms. The van der Waals surface area contributed by atoms with Crippen molar-refractivity contribution in [2.24, 2.45) is 11.7 Å². The van der Waals surface area contributed by atoms with Gasteiger partial charge in [0.25, 0.3) is 0 Å². The van der Waals surface area contributed by atoms with Crippen LogP contribution in [0, 0.1) is 12.8 Å². The molecule has 0 radical (unpaired) electrons. The molecule has 0 saturated heterocycles. The average Bonchev–Trinajstić information content (AvgIpc) is 2.44. The molecular formula is C11H18ClNS. The van der Waals surface area contributed by atoms with E-state index in [1.54, 1.807) is 11.3 Å². The summed E-state index contributed by atoms with van der Waals surface area (Å²) in [5, 5.41) is 0. The van der Waals surface area contributed by atoms with Gasteiger partial charge in [0.1, 0.15) is 0 Å². The number of hydrogen-bond acceptors (Lipinski definition) is 2. The molecule has 1 rings (SSSR count). The molecule has 0 fully saturated rings. The Morgan fingerprint density at radius 2 is 2.21 bits per heavy atom. The second kappa shape index (κ2) is 5.74. The number of rotatable bonds is 5. The van der Waals surface area contributed by atoms with E-state index in [-0.39, 0.29) is 0 Å². The van der Waals surface area contributed by atoms with E-state index in [0.29, 0.717) is 0 Å². The van der Waals surface area contributed by atoms with Crippen molar-refractivity contribution in [2.75, 3.05) is 6.54 Å².